The van der Waals surface area contributed by atoms with Gasteiger partial charge in [0.15, 0.2) is 0 Å². The normalized spacial score (nSPS) is 11.2. The van der Waals surface area contributed by atoms with E-state index in [1.165, 1.54) is 9.88 Å². The van der Waals surface area contributed by atoms with E-state index in [0.29, 0.717) is 5.92 Å². The van der Waals surface area contributed by atoms with Crippen molar-refractivity contribution in [3.05, 3.63) is 16.1 Å². The highest BCUT2D eigenvalue weighted by Gasteiger charge is 2.04. The van der Waals surface area contributed by atoms with Crippen LogP contribution in [0.5, 0.6) is 0 Å². The highest BCUT2D eigenvalue weighted by Crippen LogP contribution is 2.20. The minimum Gasteiger partial charge on any atom is -0.380 e. The number of hydrogen-bond acceptors (Lipinski definition) is 4. The topological polar surface area (TPSA) is 34.1 Å². The van der Waals surface area contributed by atoms with Crippen LogP contribution in [0.4, 0.5) is 0 Å². The van der Waals surface area contributed by atoms with Crippen molar-refractivity contribution in [2.24, 2.45) is 0 Å². The minimum absolute atomic E-state index is 0.534. The molecule has 86 valence electrons. The van der Waals surface area contributed by atoms with Crippen molar-refractivity contribution in [2.75, 3.05) is 19.8 Å². The zero-order valence-corrected chi connectivity index (χ0v) is 10.6. The average Bonchev–Trinajstić information content (AvgIpc) is 2.66. The molecule has 0 radical (unpaired) electrons. The molecule has 0 fully saturated rings. The van der Waals surface area contributed by atoms with Crippen molar-refractivity contribution in [3.8, 4) is 0 Å². The standard InChI is InChI=1S/C11H20N2OS/c1-4-14-6-5-12-7-10-8-13-11(15-10)9(2)3/h8-9,12H,4-7H2,1-3H3. The highest BCUT2D eigenvalue weighted by molar-refractivity contribution is 7.11. The molecular formula is C11H20N2OS. The first kappa shape index (κ1) is 12.6. The Hall–Kier alpha value is -0.450. The van der Waals surface area contributed by atoms with Gasteiger partial charge >= 0.3 is 0 Å². The summed E-state index contributed by atoms with van der Waals surface area (Å²) in [7, 11) is 0. The molecule has 0 amide bonds. The Morgan fingerprint density at radius 2 is 2.33 bits per heavy atom. The van der Waals surface area contributed by atoms with E-state index >= 15 is 0 Å². The van der Waals surface area contributed by atoms with E-state index in [9.17, 15) is 0 Å². The van der Waals surface area contributed by atoms with Crippen molar-refractivity contribution < 1.29 is 4.74 Å². The molecule has 0 unspecified atom stereocenters. The number of hydrogen-bond donors (Lipinski definition) is 1. The van der Waals surface area contributed by atoms with E-state index in [4.69, 9.17) is 4.74 Å². The van der Waals surface area contributed by atoms with Crippen molar-refractivity contribution in [2.45, 2.75) is 33.2 Å². The van der Waals surface area contributed by atoms with Crippen molar-refractivity contribution in [1.82, 2.24) is 10.3 Å². The van der Waals surface area contributed by atoms with Crippen molar-refractivity contribution >= 4 is 11.3 Å². The second kappa shape index (κ2) is 6.93. The van der Waals surface area contributed by atoms with E-state index < -0.39 is 0 Å². The third kappa shape index (κ3) is 4.73. The molecule has 0 atom stereocenters. The fourth-order valence-corrected chi connectivity index (χ4v) is 2.06. The molecule has 0 spiro atoms. The summed E-state index contributed by atoms with van der Waals surface area (Å²) in [4.78, 5) is 5.68. The number of nitrogens with one attached hydrogen (secondary N) is 1. The van der Waals surface area contributed by atoms with Gasteiger partial charge in [-0.15, -0.1) is 11.3 Å². The summed E-state index contributed by atoms with van der Waals surface area (Å²) in [5.41, 5.74) is 0. The third-order valence-corrected chi connectivity index (χ3v) is 3.29. The van der Waals surface area contributed by atoms with Crippen molar-refractivity contribution in [1.29, 1.82) is 0 Å². The molecular weight excluding hydrogens is 208 g/mol. The van der Waals surface area contributed by atoms with Crippen LogP contribution in [-0.4, -0.2) is 24.7 Å². The van der Waals surface area contributed by atoms with Gasteiger partial charge in [0, 0.05) is 36.7 Å². The van der Waals surface area contributed by atoms with Crippen LogP contribution in [-0.2, 0) is 11.3 Å². The van der Waals surface area contributed by atoms with Gasteiger partial charge in [0.25, 0.3) is 0 Å². The molecule has 3 nitrogen and oxygen atoms in total. The van der Waals surface area contributed by atoms with Gasteiger partial charge in [-0.3, -0.25) is 0 Å². The molecule has 1 heterocycles. The molecule has 15 heavy (non-hydrogen) atoms. The monoisotopic (exact) mass is 228 g/mol. The SMILES string of the molecule is CCOCCNCc1cnc(C(C)C)s1. The maximum absolute atomic E-state index is 5.24. The van der Waals surface area contributed by atoms with Crippen molar-refractivity contribution in [3.63, 3.8) is 0 Å². The smallest absolute Gasteiger partial charge is 0.0953 e. The maximum atomic E-state index is 5.24. The molecule has 0 bridgehead atoms. The second-order valence-electron chi connectivity index (χ2n) is 3.69. The molecule has 1 rings (SSSR count). The van der Waals surface area contributed by atoms with E-state index in [0.717, 1.165) is 26.3 Å². The third-order valence-electron chi connectivity index (χ3n) is 1.99. The van der Waals surface area contributed by atoms with Gasteiger partial charge in [-0.1, -0.05) is 13.8 Å². The number of nitrogens with zero attached hydrogens (tertiary/aromatic N) is 1. The average molecular weight is 228 g/mol. The zero-order chi connectivity index (χ0) is 11.1. The number of rotatable bonds is 7. The van der Waals surface area contributed by atoms with Crippen LogP contribution in [0.1, 0.15) is 36.6 Å². The first-order chi connectivity index (χ1) is 7.24. The lowest BCUT2D eigenvalue weighted by molar-refractivity contribution is 0.149. The summed E-state index contributed by atoms with van der Waals surface area (Å²) in [6, 6.07) is 0. The molecule has 0 saturated heterocycles. The Morgan fingerprint density at radius 1 is 1.53 bits per heavy atom. The minimum atomic E-state index is 0.534. The van der Waals surface area contributed by atoms with Gasteiger partial charge in [-0.2, -0.15) is 0 Å². The summed E-state index contributed by atoms with van der Waals surface area (Å²) >= 11 is 1.79. The predicted molar refractivity (Wildman–Crippen MR) is 64.4 cm³/mol. The van der Waals surface area contributed by atoms with Crippen LogP contribution >= 0.6 is 11.3 Å². The van der Waals surface area contributed by atoms with E-state index in [1.807, 2.05) is 13.1 Å². The molecule has 0 aliphatic rings. The first-order valence-corrected chi connectivity index (χ1v) is 6.28. The van der Waals surface area contributed by atoms with E-state index in [-0.39, 0.29) is 0 Å². The lowest BCUT2D eigenvalue weighted by atomic mass is 10.2. The summed E-state index contributed by atoms with van der Waals surface area (Å²) in [5.74, 6) is 0.534. The molecule has 4 heteroatoms. The summed E-state index contributed by atoms with van der Waals surface area (Å²) in [6.07, 6.45) is 1.97. The van der Waals surface area contributed by atoms with Gasteiger partial charge in [-0.25, -0.2) is 4.98 Å². The van der Waals surface area contributed by atoms with Crippen LogP contribution in [0.2, 0.25) is 0 Å². The first-order valence-electron chi connectivity index (χ1n) is 5.47. The van der Waals surface area contributed by atoms with Crippen LogP contribution in [0.15, 0.2) is 6.20 Å². The highest BCUT2D eigenvalue weighted by atomic mass is 32.1. The Morgan fingerprint density at radius 3 is 2.93 bits per heavy atom. The van der Waals surface area contributed by atoms with Gasteiger partial charge in [0.1, 0.15) is 0 Å². The van der Waals surface area contributed by atoms with Crippen LogP contribution in [0, 0.1) is 0 Å². The fourth-order valence-electron chi connectivity index (χ4n) is 1.17. The Kier molecular flexibility index (Phi) is 5.83. The van der Waals surface area contributed by atoms with Gasteiger partial charge in [-0.05, 0) is 6.92 Å². The second-order valence-corrected chi connectivity index (χ2v) is 4.84. The fraction of sp³-hybridized carbons (Fsp3) is 0.727. The van der Waals surface area contributed by atoms with Gasteiger partial charge in [0.05, 0.1) is 11.6 Å². The largest absolute Gasteiger partial charge is 0.380 e. The molecule has 1 aromatic rings. The predicted octanol–water partition coefficient (Wildman–Crippen LogP) is 2.39. The number of ether oxygens (including phenoxy) is 1. The summed E-state index contributed by atoms with van der Waals surface area (Å²) in [5, 5.41) is 4.55. The van der Waals surface area contributed by atoms with Crippen LogP contribution in [0.25, 0.3) is 0 Å². The zero-order valence-electron chi connectivity index (χ0n) is 9.75. The van der Waals surface area contributed by atoms with Crippen LogP contribution in [0.3, 0.4) is 0 Å². The maximum Gasteiger partial charge on any atom is 0.0953 e. The molecule has 0 aliphatic heterocycles. The summed E-state index contributed by atoms with van der Waals surface area (Å²) in [6.45, 7) is 9.74. The lowest BCUT2D eigenvalue weighted by Crippen LogP contribution is -2.18. The Balaban J connectivity index is 2.20. The Labute approximate surface area is 95.9 Å². The van der Waals surface area contributed by atoms with E-state index in [2.05, 4.69) is 24.1 Å². The molecule has 0 aromatic carbocycles. The van der Waals surface area contributed by atoms with Gasteiger partial charge < -0.3 is 10.1 Å². The Bertz CT molecular complexity index is 273. The quantitative estimate of drug-likeness (QED) is 0.728. The molecule has 1 N–H and O–H groups in total. The lowest BCUT2D eigenvalue weighted by Gasteiger charge is -2.02. The molecule has 0 aliphatic carbocycles. The number of aromatic nitrogens is 1. The number of thiazole rings is 1. The summed E-state index contributed by atoms with van der Waals surface area (Å²) < 4.78 is 5.24. The van der Waals surface area contributed by atoms with Gasteiger partial charge in [0.2, 0.25) is 0 Å². The van der Waals surface area contributed by atoms with E-state index in [1.54, 1.807) is 11.3 Å². The van der Waals surface area contributed by atoms with Crippen LogP contribution < -0.4 is 5.32 Å². The molecule has 1 aromatic heterocycles. The molecule has 0 saturated carbocycles.